The molecule has 0 unspecified atom stereocenters. The maximum absolute atomic E-state index is 11.0. The molecule has 0 aliphatic carbocycles. The molecule has 0 aliphatic rings. The van der Waals surface area contributed by atoms with E-state index in [1.54, 1.807) is 29.9 Å². The monoisotopic (exact) mass is 276 g/mol. The molecule has 0 saturated heterocycles. The fourth-order valence-corrected chi connectivity index (χ4v) is 2.33. The van der Waals surface area contributed by atoms with E-state index in [0.717, 1.165) is 17.1 Å². The van der Waals surface area contributed by atoms with Gasteiger partial charge in [0.1, 0.15) is 0 Å². The molecule has 0 radical (unpaired) electrons. The SMILES string of the molecule is CN=C/C(=C\N(C=O)C(C)C)SCc1ccccc1. The molecule has 0 bridgehead atoms. The molecule has 1 rings (SSSR count). The topological polar surface area (TPSA) is 32.7 Å². The van der Waals surface area contributed by atoms with E-state index < -0.39 is 0 Å². The van der Waals surface area contributed by atoms with Gasteiger partial charge in [0.2, 0.25) is 6.41 Å². The highest BCUT2D eigenvalue weighted by atomic mass is 32.2. The van der Waals surface area contributed by atoms with Crippen molar-refractivity contribution in [2.75, 3.05) is 7.05 Å². The van der Waals surface area contributed by atoms with E-state index in [2.05, 4.69) is 17.1 Å². The van der Waals surface area contributed by atoms with Crippen molar-refractivity contribution in [2.45, 2.75) is 25.6 Å². The number of rotatable bonds is 7. The molecule has 0 heterocycles. The van der Waals surface area contributed by atoms with Gasteiger partial charge in [-0.15, -0.1) is 11.8 Å². The van der Waals surface area contributed by atoms with Crippen molar-refractivity contribution in [3.8, 4) is 0 Å². The maximum atomic E-state index is 11.0. The van der Waals surface area contributed by atoms with Crippen LogP contribution in [-0.2, 0) is 10.5 Å². The Morgan fingerprint density at radius 1 is 1.37 bits per heavy atom. The van der Waals surface area contributed by atoms with Crippen LogP contribution in [0, 0.1) is 0 Å². The molecule has 0 N–H and O–H groups in total. The van der Waals surface area contributed by atoms with Gasteiger partial charge in [-0.05, 0) is 19.4 Å². The summed E-state index contributed by atoms with van der Waals surface area (Å²) in [5.41, 5.74) is 1.25. The van der Waals surface area contributed by atoms with Crippen LogP contribution in [0.2, 0.25) is 0 Å². The summed E-state index contributed by atoms with van der Waals surface area (Å²) < 4.78 is 0. The smallest absolute Gasteiger partial charge is 0.213 e. The van der Waals surface area contributed by atoms with Gasteiger partial charge in [-0.2, -0.15) is 0 Å². The zero-order chi connectivity index (χ0) is 14.1. The maximum Gasteiger partial charge on any atom is 0.213 e. The van der Waals surface area contributed by atoms with Gasteiger partial charge in [-0.1, -0.05) is 30.3 Å². The predicted molar refractivity (Wildman–Crippen MR) is 83.3 cm³/mol. The fraction of sp³-hybridized carbons (Fsp3) is 0.333. The number of aliphatic imine (C=N–C) groups is 1. The molecule has 0 fully saturated rings. The summed E-state index contributed by atoms with van der Waals surface area (Å²) in [5.74, 6) is 0.865. The van der Waals surface area contributed by atoms with Crippen LogP contribution in [0.3, 0.4) is 0 Å². The molecule has 1 amide bonds. The van der Waals surface area contributed by atoms with Gasteiger partial charge in [0.25, 0.3) is 0 Å². The summed E-state index contributed by atoms with van der Waals surface area (Å²) in [6.45, 7) is 3.96. The highest BCUT2D eigenvalue weighted by Gasteiger charge is 2.05. The molecule has 4 heteroatoms. The Hall–Kier alpha value is -1.55. The highest BCUT2D eigenvalue weighted by Crippen LogP contribution is 2.20. The van der Waals surface area contributed by atoms with Crippen molar-refractivity contribution in [1.29, 1.82) is 0 Å². The second-order valence-electron chi connectivity index (χ2n) is 4.34. The minimum atomic E-state index is 0.148. The van der Waals surface area contributed by atoms with Crippen LogP contribution in [0.1, 0.15) is 19.4 Å². The summed E-state index contributed by atoms with van der Waals surface area (Å²) in [6, 6.07) is 10.4. The summed E-state index contributed by atoms with van der Waals surface area (Å²) >= 11 is 1.67. The average Bonchev–Trinajstić information content (AvgIpc) is 2.42. The first kappa shape index (κ1) is 15.5. The van der Waals surface area contributed by atoms with Crippen molar-refractivity contribution in [3.05, 3.63) is 47.0 Å². The fourth-order valence-electron chi connectivity index (χ4n) is 1.42. The zero-order valence-corrected chi connectivity index (χ0v) is 12.4. The molecule has 1 aromatic carbocycles. The summed E-state index contributed by atoms with van der Waals surface area (Å²) in [5, 5.41) is 0. The zero-order valence-electron chi connectivity index (χ0n) is 11.6. The number of nitrogens with zero attached hydrogens (tertiary/aromatic N) is 2. The third-order valence-electron chi connectivity index (χ3n) is 2.50. The van der Waals surface area contributed by atoms with Gasteiger partial charge in [-0.25, -0.2) is 0 Å². The van der Waals surface area contributed by atoms with Crippen molar-refractivity contribution >= 4 is 24.4 Å². The van der Waals surface area contributed by atoms with Crippen molar-refractivity contribution in [1.82, 2.24) is 4.90 Å². The van der Waals surface area contributed by atoms with Crippen molar-refractivity contribution in [3.63, 3.8) is 0 Å². The van der Waals surface area contributed by atoms with Crippen LogP contribution in [0.5, 0.6) is 0 Å². The molecule has 0 aliphatic heterocycles. The van der Waals surface area contributed by atoms with E-state index >= 15 is 0 Å². The predicted octanol–water partition coefficient (Wildman–Crippen LogP) is 3.33. The minimum absolute atomic E-state index is 0.148. The first-order chi connectivity index (χ1) is 9.17. The van der Waals surface area contributed by atoms with Gasteiger partial charge in [0.15, 0.2) is 0 Å². The number of carbonyl (C=O) groups excluding carboxylic acids is 1. The number of hydrogen-bond acceptors (Lipinski definition) is 3. The average molecular weight is 276 g/mol. The Balaban J connectivity index is 2.72. The molecule has 1 aromatic rings. The number of benzene rings is 1. The molecule has 102 valence electrons. The van der Waals surface area contributed by atoms with E-state index in [9.17, 15) is 4.79 Å². The number of thioether (sulfide) groups is 1. The Bertz CT molecular complexity index is 441. The molecule has 0 spiro atoms. The second-order valence-corrected chi connectivity index (χ2v) is 5.39. The Morgan fingerprint density at radius 3 is 2.58 bits per heavy atom. The molecular weight excluding hydrogens is 256 g/mol. The largest absolute Gasteiger partial charge is 0.318 e. The third-order valence-corrected chi connectivity index (χ3v) is 3.52. The lowest BCUT2D eigenvalue weighted by Gasteiger charge is -2.17. The lowest BCUT2D eigenvalue weighted by atomic mass is 10.2. The van der Waals surface area contributed by atoms with E-state index in [1.807, 2.05) is 38.2 Å². The lowest BCUT2D eigenvalue weighted by Crippen LogP contribution is -2.23. The lowest BCUT2D eigenvalue weighted by molar-refractivity contribution is -0.117. The Labute approximate surface area is 119 Å². The number of carbonyl (C=O) groups is 1. The number of allylic oxidation sites excluding steroid dienone is 1. The number of hydrogen-bond donors (Lipinski definition) is 0. The quantitative estimate of drug-likeness (QED) is 0.565. The van der Waals surface area contributed by atoms with E-state index in [1.165, 1.54) is 5.56 Å². The summed E-state index contributed by atoms with van der Waals surface area (Å²) in [6.07, 6.45) is 4.47. The normalized spacial score (nSPS) is 12.1. The molecule has 3 nitrogen and oxygen atoms in total. The molecule has 19 heavy (non-hydrogen) atoms. The Kier molecular flexibility index (Phi) is 6.97. The summed E-state index contributed by atoms with van der Waals surface area (Å²) in [4.78, 5) is 17.7. The van der Waals surface area contributed by atoms with Crippen LogP contribution < -0.4 is 0 Å². The van der Waals surface area contributed by atoms with E-state index in [4.69, 9.17) is 0 Å². The third kappa shape index (κ3) is 5.75. The van der Waals surface area contributed by atoms with Gasteiger partial charge in [0, 0.05) is 36.2 Å². The highest BCUT2D eigenvalue weighted by molar-refractivity contribution is 8.03. The van der Waals surface area contributed by atoms with Gasteiger partial charge in [-0.3, -0.25) is 9.79 Å². The molecule has 0 atom stereocenters. The minimum Gasteiger partial charge on any atom is -0.318 e. The van der Waals surface area contributed by atoms with Crippen LogP contribution >= 0.6 is 11.8 Å². The van der Waals surface area contributed by atoms with Gasteiger partial charge < -0.3 is 4.90 Å². The van der Waals surface area contributed by atoms with Gasteiger partial charge in [0.05, 0.1) is 0 Å². The van der Waals surface area contributed by atoms with Crippen LogP contribution in [0.4, 0.5) is 0 Å². The molecule has 0 aromatic heterocycles. The first-order valence-corrected chi connectivity index (χ1v) is 7.19. The first-order valence-electron chi connectivity index (χ1n) is 6.20. The van der Waals surface area contributed by atoms with Crippen LogP contribution in [0.15, 0.2) is 46.4 Å². The van der Waals surface area contributed by atoms with E-state index in [0.29, 0.717) is 0 Å². The van der Waals surface area contributed by atoms with Crippen molar-refractivity contribution in [2.24, 2.45) is 4.99 Å². The van der Waals surface area contributed by atoms with Crippen LogP contribution in [0.25, 0.3) is 0 Å². The number of amides is 1. The van der Waals surface area contributed by atoms with Gasteiger partial charge >= 0.3 is 0 Å². The molecule has 0 saturated carbocycles. The van der Waals surface area contributed by atoms with Crippen LogP contribution in [-0.4, -0.2) is 30.6 Å². The second kappa shape index (κ2) is 8.53. The molecular formula is C15H20N2OS. The van der Waals surface area contributed by atoms with Crippen molar-refractivity contribution < 1.29 is 4.79 Å². The summed E-state index contributed by atoms with van der Waals surface area (Å²) in [7, 11) is 1.73. The van der Waals surface area contributed by atoms with E-state index in [-0.39, 0.29) is 6.04 Å². The Morgan fingerprint density at radius 2 is 2.05 bits per heavy atom. The standard InChI is InChI=1S/C15H20N2OS/c1-13(2)17(12-18)10-15(9-16-3)19-11-14-7-5-4-6-8-14/h4-10,12-13H,11H2,1-3H3/b15-10+,16-9?.